The fourth-order valence-corrected chi connectivity index (χ4v) is 1.97. The second kappa shape index (κ2) is 5.51. The summed E-state index contributed by atoms with van der Waals surface area (Å²) in [6.45, 7) is 0. The monoisotopic (exact) mass is 293 g/mol. The van der Waals surface area contributed by atoms with Gasteiger partial charge in [-0.3, -0.25) is 4.79 Å². The molecule has 0 radical (unpaired) electrons. The van der Waals surface area contributed by atoms with E-state index < -0.39 is 5.82 Å². The average molecular weight is 294 g/mol. The van der Waals surface area contributed by atoms with Gasteiger partial charge in [0.2, 0.25) is 0 Å². The van der Waals surface area contributed by atoms with Crippen molar-refractivity contribution in [3.63, 3.8) is 0 Å². The molecular weight excluding hydrogens is 281 g/mol. The number of halogens is 2. The average Bonchev–Trinajstić information content (AvgIpc) is 2.42. The fraction of sp³-hybridized carbons (Fsp3) is 0.133. The summed E-state index contributed by atoms with van der Waals surface area (Å²) < 4.78 is 13.8. The zero-order valence-corrected chi connectivity index (χ0v) is 11.8. The molecule has 2 aromatic rings. The minimum absolute atomic E-state index is 0.0786. The topological polar surface area (TPSA) is 40.5 Å². The lowest BCUT2D eigenvalue weighted by Gasteiger charge is -2.11. The summed E-state index contributed by atoms with van der Waals surface area (Å²) in [5.74, 6) is -0.994. The number of amides is 1. The van der Waals surface area contributed by atoms with E-state index in [0.717, 1.165) is 6.07 Å². The summed E-state index contributed by atoms with van der Waals surface area (Å²) in [5, 5.41) is 9.41. The Balaban J connectivity index is 2.40. The second-order valence-electron chi connectivity index (χ2n) is 4.56. The van der Waals surface area contributed by atoms with Crippen LogP contribution in [-0.4, -0.2) is 30.0 Å². The van der Waals surface area contributed by atoms with Gasteiger partial charge in [-0.05, 0) is 23.8 Å². The van der Waals surface area contributed by atoms with Crippen LogP contribution in [-0.2, 0) is 0 Å². The van der Waals surface area contributed by atoms with Crippen LogP contribution in [0.3, 0.4) is 0 Å². The van der Waals surface area contributed by atoms with Crippen molar-refractivity contribution in [1.82, 2.24) is 4.90 Å². The first kappa shape index (κ1) is 14.3. The molecule has 104 valence electrons. The van der Waals surface area contributed by atoms with Gasteiger partial charge in [0.1, 0.15) is 11.6 Å². The Hall–Kier alpha value is -2.07. The summed E-state index contributed by atoms with van der Waals surface area (Å²) in [7, 11) is 3.32. The van der Waals surface area contributed by atoms with E-state index in [0.29, 0.717) is 11.1 Å². The van der Waals surface area contributed by atoms with Crippen LogP contribution in [0.1, 0.15) is 10.4 Å². The van der Waals surface area contributed by atoms with Crippen LogP contribution < -0.4 is 0 Å². The van der Waals surface area contributed by atoms with Crippen molar-refractivity contribution in [2.45, 2.75) is 0 Å². The van der Waals surface area contributed by atoms with E-state index in [9.17, 15) is 14.3 Å². The van der Waals surface area contributed by atoms with Crippen LogP contribution in [0.2, 0.25) is 5.02 Å². The van der Waals surface area contributed by atoms with Crippen molar-refractivity contribution < 1.29 is 14.3 Å². The molecule has 20 heavy (non-hydrogen) atoms. The number of hydrogen-bond acceptors (Lipinski definition) is 2. The van der Waals surface area contributed by atoms with Crippen molar-refractivity contribution in [1.29, 1.82) is 0 Å². The van der Waals surface area contributed by atoms with Gasteiger partial charge in [-0.25, -0.2) is 4.39 Å². The van der Waals surface area contributed by atoms with Gasteiger partial charge in [0, 0.05) is 31.3 Å². The van der Waals surface area contributed by atoms with E-state index in [2.05, 4.69) is 0 Å². The van der Waals surface area contributed by atoms with E-state index in [-0.39, 0.29) is 22.2 Å². The van der Waals surface area contributed by atoms with Crippen LogP contribution in [0.4, 0.5) is 4.39 Å². The van der Waals surface area contributed by atoms with Gasteiger partial charge in [-0.2, -0.15) is 0 Å². The molecule has 0 heterocycles. The number of nitrogens with zero attached hydrogens (tertiary/aromatic N) is 1. The molecule has 3 nitrogen and oxygen atoms in total. The highest BCUT2D eigenvalue weighted by Crippen LogP contribution is 2.32. The van der Waals surface area contributed by atoms with Gasteiger partial charge < -0.3 is 10.0 Å². The molecule has 0 aliphatic rings. The molecule has 0 atom stereocenters. The summed E-state index contributed by atoms with van der Waals surface area (Å²) in [6.07, 6.45) is 0. The lowest BCUT2D eigenvalue weighted by molar-refractivity contribution is 0.0827. The molecule has 0 aliphatic carbocycles. The quantitative estimate of drug-likeness (QED) is 0.920. The summed E-state index contributed by atoms with van der Waals surface area (Å²) in [6, 6.07) is 8.85. The van der Waals surface area contributed by atoms with Gasteiger partial charge in [-0.15, -0.1) is 0 Å². The van der Waals surface area contributed by atoms with Gasteiger partial charge in [0.15, 0.2) is 0 Å². The largest absolute Gasteiger partial charge is 0.506 e. The standard InChI is InChI=1S/C15H13ClFNO2/c1-18(2)15(20)10-5-3-9(4-6-10)11-7-12(16)14(19)8-13(11)17/h3-8,19H,1-2H3. The Kier molecular flexibility index (Phi) is 3.95. The van der Waals surface area contributed by atoms with Crippen LogP contribution in [0, 0.1) is 5.82 Å². The SMILES string of the molecule is CN(C)C(=O)c1ccc(-c2cc(Cl)c(O)cc2F)cc1. The molecule has 0 fully saturated rings. The van der Waals surface area contributed by atoms with Gasteiger partial charge in [0.05, 0.1) is 5.02 Å². The van der Waals surface area contributed by atoms with Crippen LogP contribution in [0.5, 0.6) is 5.75 Å². The van der Waals surface area contributed by atoms with E-state index >= 15 is 0 Å². The van der Waals surface area contributed by atoms with Gasteiger partial charge in [-0.1, -0.05) is 23.7 Å². The number of phenols is 1. The first-order chi connectivity index (χ1) is 9.40. The third-order valence-electron chi connectivity index (χ3n) is 2.89. The van der Waals surface area contributed by atoms with E-state index in [1.54, 1.807) is 38.4 Å². The molecule has 0 saturated carbocycles. The Morgan fingerprint density at radius 3 is 2.35 bits per heavy atom. The maximum absolute atomic E-state index is 13.8. The highest BCUT2D eigenvalue weighted by Gasteiger charge is 2.12. The highest BCUT2D eigenvalue weighted by molar-refractivity contribution is 6.32. The molecule has 2 aromatic carbocycles. The highest BCUT2D eigenvalue weighted by atomic mass is 35.5. The maximum atomic E-state index is 13.8. The first-order valence-corrected chi connectivity index (χ1v) is 6.28. The summed E-state index contributed by atoms with van der Waals surface area (Å²) in [5.41, 5.74) is 1.38. The molecule has 5 heteroatoms. The number of aromatic hydroxyl groups is 1. The van der Waals surface area contributed by atoms with Crippen molar-refractivity contribution in [3.05, 3.63) is 52.8 Å². The first-order valence-electron chi connectivity index (χ1n) is 5.90. The van der Waals surface area contributed by atoms with Gasteiger partial charge >= 0.3 is 0 Å². The maximum Gasteiger partial charge on any atom is 0.253 e. The number of hydrogen-bond donors (Lipinski definition) is 1. The zero-order chi connectivity index (χ0) is 14.9. The molecule has 0 aromatic heterocycles. The predicted molar refractivity (Wildman–Crippen MR) is 76.5 cm³/mol. The van der Waals surface area contributed by atoms with Crippen molar-refractivity contribution >= 4 is 17.5 Å². The molecule has 0 spiro atoms. The molecule has 2 rings (SSSR count). The third-order valence-corrected chi connectivity index (χ3v) is 3.19. The molecule has 0 aliphatic heterocycles. The van der Waals surface area contributed by atoms with Crippen LogP contribution >= 0.6 is 11.6 Å². The number of rotatable bonds is 2. The Bertz CT molecular complexity index is 654. The molecule has 1 amide bonds. The summed E-state index contributed by atoms with van der Waals surface area (Å²) >= 11 is 5.78. The van der Waals surface area contributed by atoms with E-state index in [4.69, 9.17) is 11.6 Å². The van der Waals surface area contributed by atoms with Crippen molar-refractivity contribution in [2.24, 2.45) is 0 Å². The predicted octanol–water partition coefficient (Wildman–Crippen LogP) is 3.55. The number of benzene rings is 2. The lowest BCUT2D eigenvalue weighted by Crippen LogP contribution is -2.21. The second-order valence-corrected chi connectivity index (χ2v) is 4.97. The lowest BCUT2D eigenvalue weighted by atomic mass is 10.0. The molecule has 0 bridgehead atoms. The zero-order valence-electron chi connectivity index (χ0n) is 11.0. The Morgan fingerprint density at radius 1 is 1.20 bits per heavy atom. The van der Waals surface area contributed by atoms with Crippen LogP contribution in [0.25, 0.3) is 11.1 Å². The third kappa shape index (κ3) is 2.75. The summed E-state index contributed by atoms with van der Waals surface area (Å²) in [4.78, 5) is 13.2. The number of carbonyl (C=O) groups excluding carboxylic acids is 1. The van der Waals surface area contributed by atoms with Crippen LogP contribution in [0.15, 0.2) is 36.4 Å². The Labute approximate surface area is 121 Å². The minimum atomic E-state index is -0.571. The molecule has 1 N–H and O–H groups in total. The number of phenolic OH excluding ortho intramolecular Hbond substituents is 1. The van der Waals surface area contributed by atoms with E-state index in [1.165, 1.54) is 11.0 Å². The normalized spacial score (nSPS) is 10.4. The minimum Gasteiger partial charge on any atom is -0.506 e. The molecular formula is C15H13ClFNO2. The smallest absolute Gasteiger partial charge is 0.253 e. The Morgan fingerprint density at radius 2 is 1.80 bits per heavy atom. The van der Waals surface area contributed by atoms with E-state index in [1.807, 2.05) is 0 Å². The molecule has 0 unspecified atom stereocenters. The molecule has 0 saturated heterocycles. The fourth-order valence-electron chi connectivity index (χ4n) is 1.81. The number of carbonyl (C=O) groups is 1. The van der Waals surface area contributed by atoms with Crippen molar-refractivity contribution in [2.75, 3.05) is 14.1 Å². The van der Waals surface area contributed by atoms with Crippen molar-refractivity contribution in [3.8, 4) is 16.9 Å². The van der Waals surface area contributed by atoms with Gasteiger partial charge in [0.25, 0.3) is 5.91 Å².